The second-order valence-electron chi connectivity index (χ2n) is 5.50. The van der Waals surface area contributed by atoms with E-state index in [1.54, 1.807) is 13.0 Å². The van der Waals surface area contributed by atoms with Crippen LogP contribution in [0.4, 0.5) is 5.69 Å². The van der Waals surface area contributed by atoms with Crippen molar-refractivity contribution in [3.8, 4) is 0 Å². The largest absolute Gasteiger partial charge is 0.324 e. The van der Waals surface area contributed by atoms with Crippen LogP contribution in [-0.2, 0) is 5.41 Å². The van der Waals surface area contributed by atoms with Crippen molar-refractivity contribution < 1.29 is 4.92 Å². The molecule has 0 heterocycles. The van der Waals surface area contributed by atoms with Crippen LogP contribution >= 0.6 is 0 Å². The zero-order valence-corrected chi connectivity index (χ0v) is 9.90. The Morgan fingerprint density at radius 2 is 1.94 bits per heavy atom. The van der Waals surface area contributed by atoms with Crippen LogP contribution in [0.3, 0.4) is 0 Å². The third-order valence-electron chi connectivity index (χ3n) is 4.44. The van der Waals surface area contributed by atoms with E-state index < -0.39 is 0 Å². The van der Waals surface area contributed by atoms with Gasteiger partial charge in [-0.05, 0) is 44.2 Å². The summed E-state index contributed by atoms with van der Waals surface area (Å²) in [5.41, 5.74) is 8.55. The first-order valence-corrected chi connectivity index (χ1v) is 6.03. The Kier molecular flexibility index (Phi) is 1.94. The molecule has 0 amide bonds. The Hall–Kier alpha value is -1.42. The second kappa shape index (κ2) is 3.07. The Balaban J connectivity index is 2.00. The monoisotopic (exact) mass is 232 g/mol. The van der Waals surface area contributed by atoms with E-state index in [-0.39, 0.29) is 21.6 Å². The van der Waals surface area contributed by atoms with Gasteiger partial charge in [-0.3, -0.25) is 10.1 Å². The first kappa shape index (κ1) is 10.7. The third-order valence-corrected chi connectivity index (χ3v) is 4.44. The van der Waals surface area contributed by atoms with E-state index in [9.17, 15) is 10.1 Å². The Bertz CT molecular complexity index is 502. The van der Waals surface area contributed by atoms with Crippen molar-refractivity contribution in [2.75, 3.05) is 0 Å². The summed E-state index contributed by atoms with van der Waals surface area (Å²) < 4.78 is 0. The van der Waals surface area contributed by atoms with Crippen LogP contribution in [-0.4, -0.2) is 10.5 Å². The maximum atomic E-state index is 10.8. The number of hydrogen-bond acceptors (Lipinski definition) is 3. The summed E-state index contributed by atoms with van der Waals surface area (Å²) in [7, 11) is 0. The molecule has 0 radical (unpaired) electrons. The lowest BCUT2D eigenvalue weighted by Gasteiger charge is -2.23. The fraction of sp³-hybridized carbons (Fsp3) is 0.538. The lowest BCUT2D eigenvalue weighted by atomic mass is 9.85. The zero-order chi connectivity index (χ0) is 12.3. The molecule has 0 spiro atoms. The fourth-order valence-electron chi connectivity index (χ4n) is 2.97. The highest BCUT2D eigenvalue weighted by atomic mass is 16.6. The Morgan fingerprint density at radius 3 is 2.35 bits per heavy atom. The minimum absolute atomic E-state index is 0.0322. The molecule has 2 saturated carbocycles. The number of nitro benzene ring substituents is 1. The maximum Gasteiger partial charge on any atom is 0.272 e. The molecule has 3 rings (SSSR count). The van der Waals surface area contributed by atoms with Gasteiger partial charge in [0.15, 0.2) is 0 Å². The van der Waals surface area contributed by atoms with E-state index in [0.29, 0.717) is 0 Å². The van der Waals surface area contributed by atoms with Crippen LogP contribution in [0.15, 0.2) is 18.2 Å². The molecule has 0 aromatic heterocycles. The molecular weight excluding hydrogens is 216 g/mol. The quantitative estimate of drug-likeness (QED) is 0.642. The average Bonchev–Trinajstić information content (AvgIpc) is 3.12. The average molecular weight is 232 g/mol. The molecule has 2 aliphatic carbocycles. The molecule has 2 aliphatic rings. The van der Waals surface area contributed by atoms with Crippen LogP contribution in [0.1, 0.15) is 36.8 Å². The number of nitrogens with zero attached hydrogens (tertiary/aromatic N) is 1. The van der Waals surface area contributed by atoms with E-state index in [1.165, 1.54) is 5.56 Å². The molecule has 0 saturated heterocycles. The van der Waals surface area contributed by atoms with Gasteiger partial charge in [0.2, 0.25) is 0 Å². The van der Waals surface area contributed by atoms with E-state index in [1.807, 2.05) is 12.1 Å². The topological polar surface area (TPSA) is 69.2 Å². The lowest BCUT2D eigenvalue weighted by molar-refractivity contribution is -0.385. The van der Waals surface area contributed by atoms with Gasteiger partial charge in [-0.25, -0.2) is 0 Å². The molecule has 90 valence electrons. The molecule has 4 heteroatoms. The van der Waals surface area contributed by atoms with Gasteiger partial charge in [0, 0.05) is 22.6 Å². The number of aryl methyl sites for hydroxylation is 1. The molecule has 4 nitrogen and oxygen atoms in total. The van der Waals surface area contributed by atoms with E-state index >= 15 is 0 Å². The predicted octanol–water partition coefficient (Wildman–Crippen LogP) is 2.43. The lowest BCUT2D eigenvalue weighted by Crippen LogP contribution is -2.37. The van der Waals surface area contributed by atoms with Gasteiger partial charge in [0.1, 0.15) is 0 Å². The van der Waals surface area contributed by atoms with Crippen molar-refractivity contribution in [3.63, 3.8) is 0 Å². The molecular formula is C13H16N2O2. The maximum absolute atomic E-state index is 10.8. The smallest absolute Gasteiger partial charge is 0.272 e. The van der Waals surface area contributed by atoms with Gasteiger partial charge in [-0.15, -0.1) is 0 Å². The number of benzene rings is 1. The predicted molar refractivity (Wildman–Crippen MR) is 64.9 cm³/mol. The molecule has 1 aromatic rings. The third kappa shape index (κ3) is 1.40. The molecule has 2 fully saturated rings. The summed E-state index contributed by atoms with van der Waals surface area (Å²) in [5.74, 6) is 0. The molecule has 0 atom stereocenters. The summed E-state index contributed by atoms with van der Waals surface area (Å²) in [5, 5.41) is 10.8. The van der Waals surface area contributed by atoms with E-state index in [2.05, 4.69) is 0 Å². The number of nitro groups is 1. The Morgan fingerprint density at radius 1 is 1.29 bits per heavy atom. The zero-order valence-electron chi connectivity index (χ0n) is 9.90. The number of hydrogen-bond donors (Lipinski definition) is 1. The van der Waals surface area contributed by atoms with Gasteiger partial charge in [-0.1, -0.05) is 6.07 Å². The van der Waals surface area contributed by atoms with Crippen molar-refractivity contribution in [1.29, 1.82) is 0 Å². The van der Waals surface area contributed by atoms with Crippen molar-refractivity contribution in [1.82, 2.24) is 0 Å². The van der Waals surface area contributed by atoms with Crippen LogP contribution in [0.5, 0.6) is 0 Å². The summed E-state index contributed by atoms with van der Waals surface area (Å²) in [6.45, 7) is 1.80. The van der Waals surface area contributed by atoms with Gasteiger partial charge < -0.3 is 5.73 Å². The molecule has 2 N–H and O–H groups in total. The summed E-state index contributed by atoms with van der Waals surface area (Å²) in [6, 6.07) is 5.47. The highest BCUT2D eigenvalue weighted by Crippen LogP contribution is 2.63. The van der Waals surface area contributed by atoms with Gasteiger partial charge >= 0.3 is 0 Å². The van der Waals surface area contributed by atoms with Crippen LogP contribution in [0, 0.1) is 17.0 Å². The number of nitrogens with two attached hydrogens (primary N) is 1. The van der Waals surface area contributed by atoms with Crippen molar-refractivity contribution in [3.05, 3.63) is 39.4 Å². The standard InChI is InChI=1S/C13H16N2O2/c1-9-8-10(2-3-11(9)15(16)17)12(4-5-12)13(14)6-7-13/h2-3,8H,4-7,14H2,1H3. The van der Waals surface area contributed by atoms with E-state index in [0.717, 1.165) is 31.2 Å². The van der Waals surface area contributed by atoms with Crippen molar-refractivity contribution >= 4 is 5.69 Å². The first-order chi connectivity index (χ1) is 7.98. The van der Waals surface area contributed by atoms with Crippen LogP contribution in [0.25, 0.3) is 0 Å². The molecule has 0 aliphatic heterocycles. The Labute approximate surface area is 100.0 Å². The van der Waals surface area contributed by atoms with Crippen LogP contribution < -0.4 is 5.73 Å². The van der Waals surface area contributed by atoms with Crippen LogP contribution in [0.2, 0.25) is 0 Å². The van der Waals surface area contributed by atoms with Gasteiger partial charge in [0.25, 0.3) is 5.69 Å². The SMILES string of the molecule is Cc1cc(C2(C3(N)CC3)CC2)ccc1[N+](=O)[O-]. The highest BCUT2D eigenvalue weighted by Gasteiger charge is 2.64. The van der Waals surface area contributed by atoms with Crippen molar-refractivity contribution in [2.45, 2.75) is 43.6 Å². The molecule has 1 aromatic carbocycles. The number of rotatable bonds is 3. The summed E-state index contributed by atoms with van der Waals surface area (Å²) >= 11 is 0. The first-order valence-electron chi connectivity index (χ1n) is 6.03. The fourth-order valence-corrected chi connectivity index (χ4v) is 2.97. The highest BCUT2D eigenvalue weighted by molar-refractivity contribution is 5.48. The molecule has 17 heavy (non-hydrogen) atoms. The summed E-state index contributed by atoms with van der Waals surface area (Å²) in [6.07, 6.45) is 4.42. The van der Waals surface area contributed by atoms with Gasteiger partial charge in [-0.2, -0.15) is 0 Å². The normalized spacial score (nSPS) is 23.2. The molecule has 0 bridgehead atoms. The minimum atomic E-state index is -0.325. The molecule has 0 unspecified atom stereocenters. The van der Waals surface area contributed by atoms with E-state index in [4.69, 9.17) is 5.73 Å². The minimum Gasteiger partial charge on any atom is -0.324 e. The van der Waals surface area contributed by atoms with Gasteiger partial charge in [0.05, 0.1) is 4.92 Å². The second-order valence-corrected chi connectivity index (χ2v) is 5.50. The summed E-state index contributed by atoms with van der Waals surface area (Å²) in [4.78, 5) is 10.5. The van der Waals surface area contributed by atoms with Crippen molar-refractivity contribution in [2.24, 2.45) is 5.73 Å².